The van der Waals surface area contributed by atoms with Crippen molar-refractivity contribution in [1.29, 1.82) is 0 Å². The summed E-state index contributed by atoms with van der Waals surface area (Å²) in [5.74, 6) is 1.03. The summed E-state index contributed by atoms with van der Waals surface area (Å²) in [6.07, 6.45) is 6.47. The topological polar surface area (TPSA) is 81.7 Å². The first kappa shape index (κ1) is 21.7. The van der Waals surface area contributed by atoms with E-state index in [1.165, 1.54) is 11.1 Å². The lowest BCUT2D eigenvalue weighted by atomic mass is 9.83. The summed E-state index contributed by atoms with van der Waals surface area (Å²) in [6, 6.07) is 22.2. The molecule has 1 heterocycles. The number of benzene rings is 2. The Morgan fingerprint density at radius 1 is 0.968 bits per heavy atom. The molecule has 1 aliphatic carbocycles. The molecular formula is C25H34N6. The van der Waals surface area contributed by atoms with E-state index in [1.807, 2.05) is 4.68 Å². The van der Waals surface area contributed by atoms with E-state index in [-0.39, 0.29) is 12.0 Å². The average molecular weight is 419 g/mol. The van der Waals surface area contributed by atoms with Crippen LogP contribution in [0.4, 0.5) is 0 Å². The fourth-order valence-corrected chi connectivity index (χ4v) is 4.66. The third-order valence-corrected chi connectivity index (χ3v) is 6.40. The van der Waals surface area contributed by atoms with Crippen molar-refractivity contribution in [2.24, 2.45) is 5.73 Å². The van der Waals surface area contributed by atoms with Crippen LogP contribution in [-0.4, -0.2) is 32.3 Å². The van der Waals surface area contributed by atoms with Gasteiger partial charge in [-0.25, -0.2) is 4.68 Å². The fourth-order valence-electron chi connectivity index (χ4n) is 4.66. The highest BCUT2D eigenvalue weighted by molar-refractivity contribution is 5.35. The van der Waals surface area contributed by atoms with Crippen LogP contribution in [0.5, 0.6) is 0 Å². The summed E-state index contributed by atoms with van der Waals surface area (Å²) < 4.78 is 1.99. The Labute approximate surface area is 185 Å². The molecule has 0 spiro atoms. The molecule has 0 bridgehead atoms. The summed E-state index contributed by atoms with van der Waals surface area (Å²) in [5, 5.41) is 16.9. The van der Waals surface area contributed by atoms with Gasteiger partial charge in [-0.15, -0.1) is 5.10 Å². The molecule has 6 nitrogen and oxygen atoms in total. The zero-order valence-electron chi connectivity index (χ0n) is 18.4. The Balaban J connectivity index is 1.74. The van der Waals surface area contributed by atoms with E-state index in [0.717, 1.165) is 50.9 Å². The second-order valence-electron chi connectivity index (χ2n) is 8.67. The Morgan fingerprint density at radius 2 is 1.58 bits per heavy atom. The molecule has 31 heavy (non-hydrogen) atoms. The van der Waals surface area contributed by atoms with E-state index in [4.69, 9.17) is 5.73 Å². The third-order valence-electron chi connectivity index (χ3n) is 6.40. The van der Waals surface area contributed by atoms with Gasteiger partial charge in [0.25, 0.3) is 0 Å². The van der Waals surface area contributed by atoms with Gasteiger partial charge in [0.2, 0.25) is 0 Å². The molecular weight excluding hydrogens is 384 g/mol. The normalized spacial score (nSPS) is 20.1. The highest BCUT2D eigenvalue weighted by atomic mass is 15.5. The molecule has 164 valence electrons. The van der Waals surface area contributed by atoms with Gasteiger partial charge in [0.05, 0.1) is 6.04 Å². The molecule has 1 atom stereocenters. The molecule has 3 aromatic rings. The minimum atomic E-state index is -0.0176. The standard InChI is InChI=1S/C25H34N6/c1-2-3-18-31-25(28-29-30-31)24(27-22-16-14-21(26)15-17-22)23(19-10-6-4-7-11-19)20-12-8-5-9-13-20/h4-13,21-24,27H,2-3,14-18,26H2,1H3. The largest absolute Gasteiger partial charge is 0.328 e. The minimum absolute atomic E-state index is 0.0176. The summed E-state index contributed by atoms with van der Waals surface area (Å²) >= 11 is 0. The maximum Gasteiger partial charge on any atom is 0.169 e. The lowest BCUT2D eigenvalue weighted by Gasteiger charge is -2.34. The SMILES string of the molecule is CCCCn1nnnc1C(NC1CCC(N)CC1)C(c1ccccc1)c1ccccc1. The monoisotopic (exact) mass is 418 g/mol. The summed E-state index contributed by atoms with van der Waals surface area (Å²) in [7, 11) is 0. The van der Waals surface area contributed by atoms with Gasteiger partial charge < -0.3 is 11.1 Å². The number of hydrogen-bond acceptors (Lipinski definition) is 5. The molecule has 0 aliphatic heterocycles. The number of nitrogens with two attached hydrogens (primary N) is 1. The fraction of sp³-hybridized carbons (Fsp3) is 0.480. The van der Waals surface area contributed by atoms with E-state index in [0.29, 0.717) is 12.1 Å². The van der Waals surface area contributed by atoms with Crippen molar-refractivity contribution in [3.63, 3.8) is 0 Å². The van der Waals surface area contributed by atoms with Gasteiger partial charge >= 0.3 is 0 Å². The Morgan fingerprint density at radius 3 is 2.16 bits per heavy atom. The molecule has 1 fully saturated rings. The molecule has 0 amide bonds. The lowest BCUT2D eigenvalue weighted by Crippen LogP contribution is -2.42. The molecule has 6 heteroatoms. The van der Waals surface area contributed by atoms with Gasteiger partial charge in [-0.05, 0) is 53.7 Å². The third kappa shape index (κ3) is 5.38. The minimum Gasteiger partial charge on any atom is -0.328 e. The van der Waals surface area contributed by atoms with Gasteiger partial charge in [-0.2, -0.15) is 0 Å². The number of nitrogens with one attached hydrogen (secondary N) is 1. The number of hydrogen-bond donors (Lipinski definition) is 2. The first-order chi connectivity index (χ1) is 15.3. The number of rotatable bonds is 9. The van der Waals surface area contributed by atoms with Crippen LogP contribution in [-0.2, 0) is 6.54 Å². The molecule has 1 unspecified atom stereocenters. The van der Waals surface area contributed by atoms with Crippen LogP contribution in [0.1, 0.15) is 74.4 Å². The van der Waals surface area contributed by atoms with Gasteiger partial charge in [-0.3, -0.25) is 0 Å². The number of nitrogens with zero attached hydrogens (tertiary/aromatic N) is 4. The summed E-state index contributed by atoms with van der Waals surface area (Å²) in [6.45, 7) is 3.03. The Kier molecular flexibility index (Phi) is 7.43. The molecule has 1 aromatic heterocycles. The molecule has 1 saturated carbocycles. The smallest absolute Gasteiger partial charge is 0.169 e. The van der Waals surface area contributed by atoms with Crippen molar-refractivity contribution in [3.05, 3.63) is 77.6 Å². The van der Waals surface area contributed by atoms with E-state index in [9.17, 15) is 0 Å². The van der Waals surface area contributed by atoms with Crippen LogP contribution in [0.3, 0.4) is 0 Å². The van der Waals surface area contributed by atoms with Crippen LogP contribution in [0.25, 0.3) is 0 Å². The summed E-state index contributed by atoms with van der Waals surface area (Å²) in [5.41, 5.74) is 8.71. The second kappa shape index (κ2) is 10.6. The number of aromatic nitrogens is 4. The molecule has 4 rings (SSSR count). The molecule has 1 aliphatic rings. The predicted molar refractivity (Wildman–Crippen MR) is 124 cm³/mol. The highest BCUT2D eigenvalue weighted by Gasteiger charge is 2.33. The molecule has 0 radical (unpaired) electrons. The predicted octanol–water partition coefficient (Wildman–Crippen LogP) is 4.21. The first-order valence-corrected chi connectivity index (χ1v) is 11.6. The van der Waals surface area contributed by atoms with Crippen LogP contribution in [0.2, 0.25) is 0 Å². The van der Waals surface area contributed by atoms with Crippen LogP contribution in [0.15, 0.2) is 60.7 Å². The van der Waals surface area contributed by atoms with Crippen molar-refractivity contribution in [3.8, 4) is 0 Å². The Bertz CT molecular complexity index is 863. The zero-order valence-corrected chi connectivity index (χ0v) is 18.4. The van der Waals surface area contributed by atoms with E-state index in [1.54, 1.807) is 0 Å². The average Bonchev–Trinajstić information content (AvgIpc) is 3.28. The number of aryl methyl sites for hydroxylation is 1. The van der Waals surface area contributed by atoms with Crippen molar-refractivity contribution < 1.29 is 0 Å². The number of unbranched alkanes of at least 4 members (excludes halogenated alkanes) is 1. The molecule has 2 aromatic carbocycles. The quantitative estimate of drug-likeness (QED) is 0.544. The first-order valence-electron chi connectivity index (χ1n) is 11.6. The second-order valence-corrected chi connectivity index (χ2v) is 8.67. The van der Waals surface area contributed by atoms with Crippen molar-refractivity contribution in [2.75, 3.05) is 0 Å². The zero-order chi connectivity index (χ0) is 21.5. The maximum atomic E-state index is 6.18. The van der Waals surface area contributed by atoms with Crippen LogP contribution < -0.4 is 11.1 Å². The molecule has 0 saturated heterocycles. The Hall–Kier alpha value is -2.57. The highest BCUT2D eigenvalue weighted by Crippen LogP contribution is 2.37. The summed E-state index contributed by atoms with van der Waals surface area (Å²) in [4.78, 5) is 0. The van der Waals surface area contributed by atoms with E-state index >= 15 is 0 Å². The van der Waals surface area contributed by atoms with Crippen LogP contribution >= 0.6 is 0 Å². The van der Waals surface area contributed by atoms with Crippen LogP contribution in [0, 0.1) is 0 Å². The number of tetrazole rings is 1. The van der Waals surface area contributed by atoms with Crippen molar-refractivity contribution in [2.45, 2.75) is 76.0 Å². The van der Waals surface area contributed by atoms with E-state index in [2.05, 4.69) is 88.4 Å². The van der Waals surface area contributed by atoms with Crippen molar-refractivity contribution in [1.82, 2.24) is 25.5 Å². The maximum absolute atomic E-state index is 6.18. The van der Waals surface area contributed by atoms with Gasteiger partial charge in [0.1, 0.15) is 0 Å². The lowest BCUT2D eigenvalue weighted by molar-refractivity contribution is 0.294. The van der Waals surface area contributed by atoms with E-state index < -0.39 is 0 Å². The van der Waals surface area contributed by atoms with Gasteiger partial charge in [-0.1, -0.05) is 74.0 Å². The van der Waals surface area contributed by atoms with Crippen molar-refractivity contribution >= 4 is 0 Å². The van der Waals surface area contributed by atoms with Gasteiger partial charge in [0.15, 0.2) is 5.82 Å². The molecule has 3 N–H and O–H groups in total. The van der Waals surface area contributed by atoms with Gasteiger partial charge in [0, 0.05) is 24.5 Å².